The van der Waals surface area contributed by atoms with Gasteiger partial charge < -0.3 is 9.88 Å². The van der Waals surface area contributed by atoms with Gasteiger partial charge in [-0.15, -0.1) is 0 Å². The van der Waals surface area contributed by atoms with Crippen molar-refractivity contribution in [2.75, 3.05) is 6.54 Å². The van der Waals surface area contributed by atoms with Crippen LogP contribution in [0.2, 0.25) is 0 Å². The molecule has 1 aliphatic carbocycles. The summed E-state index contributed by atoms with van der Waals surface area (Å²) in [6.07, 6.45) is 2.54. The Bertz CT molecular complexity index is 1300. The Balaban J connectivity index is 1.63. The highest BCUT2D eigenvalue weighted by molar-refractivity contribution is 5.95. The van der Waals surface area contributed by atoms with Gasteiger partial charge in [0.15, 0.2) is 0 Å². The number of hydrogen-bond acceptors (Lipinski definition) is 1. The first kappa shape index (κ1) is 20.6. The van der Waals surface area contributed by atoms with Crippen LogP contribution in [0.5, 0.6) is 0 Å². The van der Waals surface area contributed by atoms with Gasteiger partial charge in [-0.1, -0.05) is 48.0 Å². The number of carbonyl (C=O) groups is 1. The molecule has 0 radical (unpaired) electrons. The van der Waals surface area contributed by atoms with Gasteiger partial charge in [-0.2, -0.15) is 13.2 Å². The van der Waals surface area contributed by atoms with E-state index in [0.717, 1.165) is 47.1 Å². The Labute approximate surface area is 183 Å². The number of aromatic nitrogens is 1. The quantitative estimate of drug-likeness (QED) is 0.632. The van der Waals surface area contributed by atoms with Gasteiger partial charge in [-0.3, -0.25) is 4.79 Å². The lowest BCUT2D eigenvalue weighted by Gasteiger charge is -2.36. The lowest BCUT2D eigenvalue weighted by Crippen LogP contribution is -2.41. The number of fused-ring (bicyclic) bond motifs is 3. The van der Waals surface area contributed by atoms with Crippen molar-refractivity contribution >= 4 is 18.1 Å². The fourth-order valence-electron chi connectivity index (χ4n) is 4.77. The molecule has 0 fully saturated rings. The number of hydrogen-bond donors (Lipinski definition) is 1. The molecular formula is C26H23F3N2O. The molecule has 2 aromatic carbocycles. The molecule has 0 bridgehead atoms. The molecule has 3 aromatic rings. The maximum absolute atomic E-state index is 13.5. The minimum Gasteiger partial charge on any atom is -0.356 e. The van der Waals surface area contributed by atoms with Crippen LogP contribution in [0.3, 0.4) is 0 Å². The lowest BCUT2D eigenvalue weighted by atomic mass is 9.91. The van der Waals surface area contributed by atoms with Crippen LogP contribution in [0.15, 0.2) is 48.5 Å². The number of amides is 1. The first-order valence-corrected chi connectivity index (χ1v) is 10.8. The number of rotatable bonds is 2. The number of nitrogens with zero attached hydrogens (tertiary/aromatic N) is 1. The number of aromatic amines is 1. The highest BCUT2D eigenvalue weighted by Crippen LogP contribution is 2.35. The summed E-state index contributed by atoms with van der Waals surface area (Å²) >= 11 is 0. The van der Waals surface area contributed by atoms with Crippen LogP contribution >= 0.6 is 0 Å². The van der Waals surface area contributed by atoms with Crippen molar-refractivity contribution < 1.29 is 18.0 Å². The van der Waals surface area contributed by atoms with E-state index in [1.54, 1.807) is 4.90 Å². The van der Waals surface area contributed by atoms with E-state index in [-0.39, 0.29) is 11.6 Å². The molecule has 0 spiro atoms. The average Bonchev–Trinajstić information content (AvgIpc) is 3.17. The van der Waals surface area contributed by atoms with E-state index in [1.165, 1.54) is 22.9 Å². The average molecular weight is 436 g/mol. The highest BCUT2D eigenvalue weighted by Gasteiger charge is 2.36. The standard InChI is InChI=1S/C26H23F3N2O/c1-16-9-11-17(12-10-16)24-23-21(20-7-2-3-8-22(20)30-23)13-14-31(24)25(32)18-5-4-6-19(15-18)26(27,28)29/h4-12,15,24,30H,2-3,13-14H2,1H3. The van der Waals surface area contributed by atoms with Crippen molar-refractivity contribution in [1.82, 2.24) is 9.88 Å². The Morgan fingerprint density at radius 3 is 2.56 bits per heavy atom. The van der Waals surface area contributed by atoms with Crippen LogP contribution in [-0.2, 0) is 12.6 Å². The van der Waals surface area contributed by atoms with Crippen molar-refractivity contribution in [3.05, 3.63) is 92.6 Å². The van der Waals surface area contributed by atoms with E-state index >= 15 is 0 Å². The monoisotopic (exact) mass is 436 g/mol. The first-order chi connectivity index (χ1) is 15.3. The minimum atomic E-state index is -4.49. The summed E-state index contributed by atoms with van der Waals surface area (Å²) in [6.45, 7) is 2.44. The van der Waals surface area contributed by atoms with Crippen molar-refractivity contribution in [3.8, 4) is 0 Å². The topological polar surface area (TPSA) is 36.1 Å². The maximum atomic E-state index is 13.5. The fourth-order valence-corrected chi connectivity index (χ4v) is 4.77. The lowest BCUT2D eigenvalue weighted by molar-refractivity contribution is -0.137. The molecule has 1 amide bonds. The molecule has 1 atom stereocenters. The SMILES string of the molecule is Cc1ccc(C2c3[nH]c4c(c3CCN2C(=O)c2cccc(C(F)(F)F)c2)=CCCC=4)cc1. The molecule has 5 rings (SSSR count). The van der Waals surface area contributed by atoms with Crippen LogP contribution in [0.1, 0.15) is 57.2 Å². The molecule has 2 aliphatic rings. The van der Waals surface area contributed by atoms with Crippen LogP contribution in [-0.4, -0.2) is 22.3 Å². The van der Waals surface area contributed by atoms with Gasteiger partial charge in [0.2, 0.25) is 0 Å². The zero-order valence-corrected chi connectivity index (χ0v) is 17.7. The second-order valence-corrected chi connectivity index (χ2v) is 8.47. The first-order valence-electron chi connectivity index (χ1n) is 10.8. The fraction of sp³-hybridized carbons (Fsp3) is 0.269. The Kier molecular flexibility index (Phi) is 4.96. The van der Waals surface area contributed by atoms with Crippen molar-refractivity contribution in [2.45, 2.75) is 38.4 Å². The van der Waals surface area contributed by atoms with Crippen LogP contribution in [0.25, 0.3) is 12.2 Å². The third kappa shape index (κ3) is 3.53. The third-order valence-corrected chi connectivity index (χ3v) is 6.35. The molecule has 1 N–H and O–H groups in total. The normalized spacial score (nSPS) is 17.8. The van der Waals surface area contributed by atoms with Crippen LogP contribution < -0.4 is 10.6 Å². The number of carbonyl (C=O) groups excluding carboxylic acids is 1. The second kappa shape index (κ2) is 7.69. The number of nitrogens with one attached hydrogen (secondary N) is 1. The summed E-state index contributed by atoms with van der Waals surface area (Å²) in [5.41, 5.74) is 3.44. The predicted molar refractivity (Wildman–Crippen MR) is 117 cm³/mol. The number of H-pyrrole nitrogens is 1. The van der Waals surface area contributed by atoms with E-state index in [0.29, 0.717) is 13.0 Å². The molecule has 6 heteroatoms. The minimum absolute atomic E-state index is 0.0508. The van der Waals surface area contributed by atoms with Gasteiger partial charge in [0, 0.05) is 23.2 Å². The van der Waals surface area contributed by atoms with Gasteiger partial charge in [0.1, 0.15) is 0 Å². The number of benzene rings is 2. The molecule has 1 aromatic heterocycles. The molecule has 0 saturated heterocycles. The number of alkyl halides is 3. The van der Waals surface area contributed by atoms with E-state index < -0.39 is 17.6 Å². The molecule has 164 valence electrons. The smallest absolute Gasteiger partial charge is 0.356 e. The summed E-state index contributed by atoms with van der Waals surface area (Å²) in [5.74, 6) is -0.396. The summed E-state index contributed by atoms with van der Waals surface area (Å²) < 4.78 is 39.7. The van der Waals surface area contributed by atoms with Gasteiger partial charge in [-0.05, 0) is 60.7 Å². The Morgan fingerprint density at radius 2 is 1.81 bits per heavy atom. The molecule has 1 aliphatic heterocycles. The molecular weight excluding hydrogens is 413 g/mol. The third-order valence-electron chi connectivity index (χ3n) is 6.35. The summed E-state index contributed by atoms with van der Waals surface area (Å²) in [7, 11) is 0. The van der Waals surface area contributed by atoms with Crippen LogP contribution in [0.4, 0.5) is 13.2 Å². The van der Waals surface area contributed by atoms with Crippen molar-refractivity contribution in [1.29, 1.82) is 0 Å². The molecule has 2 heterocycles. The molecule has 32 heavy (non-hydrogen) atoms. The van der Waals surface area contributed by atoms with E-state index in [9.17, 15) is 18.0 Å². The molecule has 3 nitrogen and oxygen atoms in total. The Morgan fingerprint density at radius 1 is 1.06 bits per heavy atom. The number of aryl methyl sites for hydroxylation is 1. The largest absolute Gasteiger partial charge is 0.416 e. The number of halogens is 3. The zero-order chi connectivity index (χ0) is 22.5. The van der Waals surface area contributed by atoms with E-state index in [2.05, 4.69) is 17.1 Å². The van der Waals surface area contributed by atoms with Gasteiger partial charge in [0.05, 0.1) is 11.6 Å². The van der Waals surface area contributed by atoms with Crippen LogP contribution in [0, 0.1) is 6.92 Å². The molecule has 0 saturated carbocycles. The molecule has 1 unspecified atom stereocenters. The van der Waals surface area contributed by atoms with Crippen molar-refractivity contribution in [3.63, 3.8) is 0 Å². The predicted octanol–water partition coefficient (Wildman–Crippen LogP) is 4.48. The Hall–Kier alpha value is -3.28. The zero-order valence-electron chi connectivity index (χ0n) is 17.7. The van der Waals surface area contributed by atoms with E-state index in [4.69, 9.17) is 0 Å². The van der Waals surface area contributed by atoms with Crippen molar-refractivity contribution in [2.24, 2.45) is 0 Å². The summed E-state index contributed by atoms with van der Waals surface area (Å²) in [4.78, 5) is 18.7. The maximum Gasteiger partial charge on any atom is 0.416 e. The summed E-state index contributed by atoms with van der Waals surface area (Å²) in [5, 5.41) is 2.28. The highest BCUT2D eigenvalue weighted by atomic mass is 19.4. The summed E-state index contributed by atoms with van der Waals surface area (Å²) in [6, 6.07) is 12.3. The van der Waals surface area contributed by atoms with Gasteiger partial charge in [-0.25, -0.2) is 0 Å². The van der Waals surface area contributed by atoms with Gasteiger partial charge in [0.25, 0.3) is 5.91 Å². The van der Waals surface area contributed by atoms with E-state index in [1.807, 2.05) is 31.2 Å². The van der Waals surface area contributed by atoms with Gasteiger partial charge >= 0.3 is 6.18 Å². The second-order valence-electron chi connectivity index (χ2n) is 8.47.